The van der Waals surface area contributed by atoms with Crippen molar-refractivity contribution < 1.29 is 9.47 Å². The summed E-state index contributed by atoms with van der Waals surface area (Å²) in [6, 6.07) is 0. The number of hydrogen-bond acceptors (Lipinski definition) is 2. The molecular formula is C13H25IO2. The van der Waals surface area contributed by atoms with Gasteiger partial charge in [-0.05, 0) is 19.3 Å². The van der Waals surface area contributed by atoms with Gasteiger partial charge in [0, 0.05) is 11.0 Å². The Hall–Kier alpha value is 0.650. The summed E-state index contributed by atoms with van der Waals surface area (Å²) < 4.78 is 12.7. The van der Waals surface area contributed by atoms with Gasteiger partial charge in [0.2, 0.25) is 0 Å². The lowest BCUT2D eigenvalue weighted by Gasteiger charge is -2.35. The molecule has 0 aliphatic heterocycles. The first-order chi connectivity index (χ1) is 7.83. The van der Waals surface area contributed by atoms with Crippen LogP contribution in [0.5, 0.6) is 0 Å². The van der Waals surface area contributed by atoms with Gasteiger partial charge < -0.3 is 9.47 Å². The molecule has 0 aromatic carbocycles. The molecule has 1 saturated carbocycles. The molecule has 16 heavy (non-hydrogen) atoms. The van der Waals surface area contributed by atoms with E-state index in [4.69, 9.17) is 9.47 Å². The summed E-state index contributed by atoms with van der Waals surface area (Å²) in [6.07, 6.45) is 8.90. The molecular weight excluding hydrogens is 315 g/mol. The van der Waals surface area contributed by atoms with Crippen molar-refractivity contribution in [3.05, 3.63) is 0 Å². The van der Waals surface area contributed by atoms with Crippen LogP contribution in [0.4, 0.5) is 0 Å². The quantitative estimate of drug-likeness (QED) is 0.378. The minimum Gasteiger partial charge on any atom is -0.379 e. The Balaban J connectivity index is 2.08. The minimum atomic E-state index is 0.174. The summed E-state index contributed by atoms with van der Waals surface area (Å²) in [5.41, 5.74) is 0.174. The van der Waals surface area contributed by atoms with Crippen LogP contribution in [0.2, 0.25) is 0 Å². The summed E-state index contributed by atoms with van der Waals surface area (Å²) in [5, 5.41) is 0. The van der Waals surface area contributed by atoms with Gasteiger partial charge in [-0.2, -0.15) is 0 Å². The van der Waals surface area contributed by atoms with Crippen molar-refractivity contribution in [2.24, 2.45) is 0 Å². The highest BCUT2D eigenvalue weighted by Crippen LogP contribution is 2.33. The van der Waals surface area contributed by atoms with Crippen LogP contribution >= 0.6 is 22.6 Å². The van der Waals surface area contributed by atoms with E-state index in [1.165, 1.54) is 38.5 Å². The van der Waals surface area contributed by atoms with Crippen LogP contribution in [0, 0.1) is 0 Å². The zero-order valence-corrected chi connectivity index (χ0v) is 12.6. The zero-order valence-electron chi connectivity index (χ0n) is 10.5. The summed E-state index contributed by atoms with van der Waals surface area (Å²) in [4.78, 5) is 0. The average molecular weight is 340 g/mol. The highest BCUT2D eigenvalue weighted by molar-refractivity contribution is 14.1. The second kappa shape index (κ2) is 8.70. The molecule has 1 aliphatic rings. The van der Waals surface area contributed by atoms with Crippen LogP contribution in [-0.4, -0.2) is 29.8 Å². The van der Waals surface area contributed by atoms with Gasteiger partial charge in [-0.15, -0.1) is 0 Å². The Kier molecular flexibility index (Phi) is 8.00. The molecule has 0 saturated heterocycles. The fourth-order valence-corrected chi connectivity index (χ4v) is 3.16. The first-order valence-corrected chi connectivity index (χ1v) is 8.13. The highest BCUT2D eigenvalue weighted by Gasteiger charge is 2.31. The average Bonchev–Trinajstić information content (AvgIpc) is 2.35. The second-order valence-electron chi connectivity index (χ2n) is 4.69. The van der Waals surface area contributed by atoms with E-state index in [0.717, 1.165) is 30.7 Å². The van der Waals surface area contributed by atoms with Crippen LogP contribution in [-0.2, 0) is 9.47 Å². The second-order valence-corrected chi connectivity index (χ2v) is 5.45. The Labute approximate surface area is 114 Å². The molecule has 3 heteroatoms. The monoisotopic (exact) mass is 340 g/mol. The van der Waals surface area contributed by atoms with E-state index < -0.39 is 0 Å². The molecule has 0 bridgehead atoms. The zero-order chi connectivity index (χ0) is 11.7. The normalized spacial score (nSPS) is 19.9. The van der Waals surface area contributed by atoms with Gasteiger partial charge in [0.25, 0.3) is 0 Å². The van der Waals surface area contributed by atoms with Crippen LogP contribution < -0.4 is 0 Å². The molecule has 1 rings (SSSR count). The lowest BCUT2D eigenvalue weighted by atomic mass is 9.86. The number of hydrogen-bond donors (Lipinski definition) is 0. The Morgan fingerprint density at radius 3 is 2.44 bits per heavy atom. The Morgan fingerprint density at radius 1 is 1.06 bits per heavy atom. The molecule has 1 aliphatic carbocycles. The summed E-state index contributed by atoms with van der Waals surface area (Å²) in [6.45, 7) is 4.61. The standard InChI is InChI=1S/C13H25IO2/c1-2-3-9-15-10-11-16-13(12-14)7-5-4-6-8-13/h2-12H2,1H3. The van der Waals surface area contributed by atoms with E-state index in [1.54, 1.807) is 0 Å². The van der Waals surface area contributed by atoms with Gasteiger partial charge in [-0.1, -0.05) is 55.2 Å². The van der Waals surface area contributed by atoms with E-state index in [2.05, 4.69) is 29.5 Å². The third-order valence-electron chi connectivity index (χ3n) is 3.29. The van der Waals surface area contributed by atoms with Gasteiger partial charge in [0.05, 0.1) is 18.8 Å². The number of ether oxygens (including phenoxy) is 2. The maximum Gasteiger partial charge on any atom is 0.0772 e. The minimum absolute atomic E-state index is 0.174. The van der Waals surface area contributed by atoms with Crippen molar-refractivity contribution >= 4 is 22.6 Å². The topological polar surface area (TPSA) is 18.5 Å². The summed E-state index contributed by atoms with van der Waals surface area (Å²) >= 11 is 2.47. The van der Waals surface area contributed by atoms with Crippen LogP contribution in [0.1, 0.15) is 51.9 Å². The maximum atomic E-state index is 6.07. The molecule has 0 atom stereocenters. The number of halogens is 1. The fraction of sp³-hybridized carbons (Fsp3) is 1.00. The molecule has 0 heterocycles. The molecule has 1 fully saturated rings. The Bertz CT molecular complexity index is 167. The molecule has 0 aromatic heterocycles. The van der Waals surface area contributed by atoms with Crippen LogP contribution in [0.15, 0.2) is 0 Å². The van der Waals surface area contributed by atoms with Gasteiger partial charge in [0.1, 0.15) is 0 Å². The number of alkyl halides is 1. The number of unbranched alkanes of at least 4 members (excludes halogenated alkanes) is 1. The summed E-state index contributed by atoms with van der Waals surface area (Å²) in [5.74, 6) is 0. The SMILES string of the molecule is CCCCOCCOC1(CI)CCCCC1. The maximum absolute atomic E-state index is 6.07. The predicted molar refractivity (Wildman–Crippen MR) is 76.4 cm³/mol. The van der Waals surface area contributed by atoms with E-state index in [-0.39, 0.29) is 5.60 Å². The van der Waals surface area contributed by atoms with Crippen molar-refractivity contribution in [1.82, 2.24) is 0 Å². The molecule has 0 amide bonds. The molecule has 0 aromatic rings. The van der Waals surface area contributed by atoms with Crippen molar-refractivity contribution in [1.29, 1.82) is 0 Å². The van der Waals surface area contributed by atoms with E-state index in [9.17, 15) is 0 Å². The van der Waals surface area contributed by atoms with Gasteiger partial charge in [0.15, 0.2) is 0 Å². The van der Waals surface area contributed by atoms with Crippen LogP contribution in [0.25, 0.3) is 0 Å². The fourth-order valence-electron chi connectivity index (χ4n) is 2.18. The Morgan fingerprint density at radius 2 is 1.81 bits per heavy atom. The largest absolute Gasteiger partial charge is 0.379 e. The first kappa shape index (κ1) is 14.7. The van der Waals surface area contributed by atoms with Crippen molar-refractivity contribution in [3.63, 3.8) is 0 Å². The molecule has 96 valence electrons. The van der Waals surface area contributed by atoms with Crippen molar-refractivity contribution in [2.75, 3.05) is 24.2 Å². The van der Waals surface area contributed by atoms with Crippen molar-refractivity contribution in [3.8, 4) is 0 Å². The van der Waals surface area contributed by atoms with Crippen molar-refractivity contribution in [2.45, 2.75) is 57.5 Å². The first-order valence-electron chi connectivity index (χ1n) is 6.61. The molecule has 0 spiro atoms. The van der Waals surface area contributed by atoms with Gasteiger partial charge >= 0.3 is 0 Å². The molecule has 0 radical (unpaired) electrons. The third-order valence-corrected chi connectivity index (χ3v) is 4.68. The lowest BCUT2D eigenvalue weighted by Crippen LogP contribution is -2.37. The highest BCUT2D eigenvalue weighted by atomic mass is 127. The molecule has 2 nitrogen and oxygen atoms in total. The lowest BCUT2D eigenvalue weighted by molar-refractivity contribution is -0.0711. The molecule has 0 N–H and O–H groups in total. The molecule has 0 unspecified atom stereocenters. The summed E-state index contributed by atoms with van der Waals surface area (Å²) in [7, 11) is 0. The predicted octanol–water partition coefficient (Wildman–Crippen LogP) is 3.96. The van der Waals surface area contributed by atoms with E-state index in [1.807, 2.05) is 0 Å². The van der Waals surface area contributed by atoms with Gasteiger partial charge in [-0.3, -0.25) is 0 Å². The number of rotatable bonds is 8. The van der Waals surface area contributed by atoms with Crippen LogP contribution in [0.3, 0.4) is 0 Å². The smallest absolute Gasteiger partial charge is 0.0772 e. The third kappa shape index (κ3) is 5.32. The van der Waals surface area contributed by atoms with Gasteiger partial charge in [-0.25, -0.2) is 0 Å². The van der Waals surface area contributed by atoms with E-state index >= 15 is 0 Å². The van der Waals surface area contributed by atoms with E-state index in [0.29, 0.717) is 0 Å².